The Morgan fingerprint density at radius 3 is 2.70 bits per heavy atom. The number of rotatable bonds is 3. The molecule has 0 aromatic carbocycles. The van der Waals surface area contributed by atoms with Gasteiger partial charge in [0.2, 0.25) is 5.95 Å². The first-order chi connectivity index (χ1) is 11.3. The molecule has 0 radical (unpaired) electrons. The summed E-state index contributed by atoms with van der Waals surface area (Å²) in [6.07, 6.45) is 6.82. The zero-order valence-electron chi connectivity index (χ0n) is 13.2. The summed E-state index contributed by atoms with van der Waals surface area (Å²) in [5, 5.41) is 0. The molecule has 0 amide bonds. The normalized spacial score (nSPS) is 18.2. The van der Waals surface area contributed by atoms with Crippen LogP contribution in [0.4, 0.5) is 5.95 Å². The van der Waals surface area contributed by atoms with E-state index in [0.29, 0.717) is 6.54 Å². The topological polar surface area (TPSA) is 65.1 Å². The maximum Gasteiger partial charge on any atom is 0.257 e. The number of hydrogen-bond donors (Lipinski definition) is 1. The summed E-state index contributed by atoms with van der Waals surface area (Å²) in [5.74, 6) is 0.758. The van der Waals surface area contributed by atoms with Crippen LogP contribution in [0.5, 0.6) is 0 Å². The second kappa shape index (κ2) is 6.12. The van der Waals surface area contributed by atoms with E-state index in [0.717, 1.165) is 49.8 Å². The molecule has 1 fully saturated rings. The highest BCUT2D eigenvalue weighted by molar-refractivity contribution is 5.35. The van der Waals surface area contributed by atoms with Crippen molar-refractivity contribution < 1.29 is 0 Å². The highest BCUT2D eigenvalue weighted by atomic mass is 16.1. The molecular weight excluding hydrogens is 290 g/mol. The van der Waals surface area contributed by atoms with E-state index in [1.54, 1.807) is 0 Å². The van der Waals surface area contributed by atoms with Crippen molar-refractivity contribution in [1.29, 1.82) is 0 Å². The monoisotopic (exact) mass is 311 g/mol. The van der Waals surface area contributed by atoms with Crippen molar-refractivity contribution in [1.82, 2.24) is 19.9 Å². The van der Waals surface area contributed by atoms with E-state index in [9.17, 15) is 4.79 Å². The fourth-order valence-electron chi connectivity index (χ4n) is 3.43. The van der Waals surface area contributed by atoms with E-state index >= 15 is 0 Å². The molecule has 0 atom stereocenters. The highest BCUT2D eigenvalue weighted by Crippen LogP contribution is 2.20. The molecule has 4 rings (SSSR count). The number of fused-ring (bicyclic) bond motifs is 1. The minimum atomic E-state index is 0.0244. The molecule has 2 aliphatic heterocycles. The molecule has 0 bridgehead atoms. The quantitative estimate of drug-likeness (QED) is 0.926. The molecule has 6 nitrogen and oxygen atoms in total. The van der Waals surface area contributed by atoms with Gasteiger partial charge in [-0.1, -0.05) is 0 Å². The van der Waals surface area contributed by atoms with E-state index < -0.39 is 0 Å². The van der Waals surface area contributed by atoms with Crippen LogP contribution in [0.3, 0.4) is 0 Å². The summed E-state index contributed by atoms with van der Waals surface area (Å²) in [5.41, 5.74) is 3.05. The van der Waals surface area contributed by atoms with Crippen LogP contribution in [0.25, 0.3) is 0 Å². The Kier molecular flexibility index (Phi) is 3.83. The Morgan fingerprint density at radius 1 is 1.13 bits per heavy atom. The average Bonchev–Trinajstić information content (AvgIpc) is 3.11. The van der Waals surface area contributed by atoms with Gasteiger partial charge in [-0.2, -0.15) is 0 Å². The van der Waals surface area contributed by atoms with Crippen molar-refractivity contribution in [3.63, 3.8) is 0 Å². The van der Waals surface area contributed by atoms with Crippen molar-refractivity contribution in [2.45, 2.75) is 32.4 Å². The lowest BCUT2D eigenvalue weighted by molar-refractivity contribution is 0.241. The molecule has 4 heterocycles. The second-order valence-electron chi connectivity index (χ2n) is 6.33. The van der Waals surface area contributed by atoms with E-state index in [2.05, 4.69) is 19.8 Å². The lowest BCUT2D eigenvalue weighted by Crippen LogP contribution is -2.36. The van der Waals surface area contributed by atoms with Gasteiger partial charge in [0.1, 0.15) is 0 Å². The number of pyridine rings is 1. The molecule has 120 valence electrons. The first-order valence-corrected chi connectivity index (χ1v) is 8.28. The van der Waals surface area contributed by atoms with Crippen LogP contribution in [-0.4, -0.2) is 39.5 Å². The third kappa shape index (κ3) is 2.99. The number of hydrogen-bond acceptors (Lipinski definition) is 5. The van der Waals surface area contributed by atoms with Crippen molar-refractivity contribution >= 4 is 5.95 Å². The maximum atomic E-state index is 12.5. The van der Waals surface area contributed by atoms with Gasteiger partial charge in [-0.25, -0.2) is 4.98 Å². The Balaban J connectivity index is 1.54. The Morgan fingerprint density at radius 2 is 1.91 bits per heavy atom. The predicted octanol–water partition coefficient (Wildman–Crippen LogP) is 1.32. The Labute approximate surface area is 135 Å². The van der Waals surface area contributed by atoms with Crippen LogP contribution < -0.4 is 10.5 Å². The van der Waals surface area contributed by atoms with Crippen LogP contribution in [0.1, 0.15) is 29.7 Å². The number of nitrogens with one attached hydrogen (secondary N) is 1. The van der Waals surface area contributed by atoms with Gasteiger partial charge in [-0.3, -0.25) is 19.7 Å². The van der Waals surface area contributed by atoms with Crippen LogP contribution in [0, 0.1) is 0 Å². The number of aromatic amines is 1. The summed E-state index contributed by atoms with van der Waals surface area (Å²) in [6.45, 7) is 4.44. The summed E-state index contributed by atoms with van der Waals surface area (Å²) in [7, 11) is 0. The maximum absolute atomic E-state index is 12.5. The molecule has 0 aliphatic carbocycles. The SMILES string of the molecule is O=c1[nH]c(N2CCCC2)nc2c1CN(Cc1ccncc1)CC2. The number of anilines is 1. The van der Waals surface area contributed by atoms with Crippen molar-refractivity contribution in [3.8, 4) is 0 Å². The molecule has 2 aromatic rings. The lowest BCUT2D eigenvalue weighted by Gasteiger charge is -2.28. The van der Waals surface area contributed by atoms with Gasteiger partial charge in [-0.05, 0) is 30.5 Å². The van der Waals surface area contributed by atoms with Gasteiger partial charge in [-0.15, -0.1) is 0 Å². The van der Waals surface area contributed by atoms with Gasteiger partial charge in [0.15, 0.2) is 0 Å². The molecule has 2 aromatic heterocycles. The fourth-order valence-corrected chi connectivity index (χ4v) is 3.43. The highest BCUT2D eigenvalue weighted by Gasteiger charge is 2.23. The van der Waals surface area contributed by atoms with Crippen molar-refractivity contribution in [2.75, 3.05) is 24.5 Å². The fraction of sp³-hybridized carbons (Fsp3) is 0.471. The third-order valence-electron chi connectivity index (χ3n) is 4.70. The average molecular weight is 311 g/mol. The molecule has 0 saturated carbocycles. The first kappa shape index (κ1) is 14.4. The van der Waals surface area contributed by atoms with Crippen LogP contribution >= 0.6 is 0 Å². The Bertz CT molecular complexity index is 736. The summed E-state index contributed by atoms with van der Waals surface area (Å²) in [6, 6.07) is 4.04. The summed E-state index contributed by atoms with van der Waals surface area (Å²) in [4.78, 5) is 28.7. The van der Waals surface area contributed by atoms with Gasteiger partial charge in [0.25, 0.3) is 5.56 Å². The summed E-state index contributed by atoms with van der Waals surface area (Å²) >= 11 is 0. The molecule has 0 unspecified atom stereocenters. The lowest BCUT2D eigenvalue weighted by atomic mass is 10.1. The summed E-state index contributed by atoms with van der Waals surface area (Å²) < 4.78 is 0. The van der Waals surface area contributed by atoms with Gasteiger partial charge < -0.3 is 4.90 Å². The molecule has 1 N–H and O–H groups in total. The van der Waals surface area contributed by atoms with Crippen LogP contribution in [0.2, 0.25) is 0 Å². The van der Waals surface area contributed by atoms with Gasteiger partial charge >= 0.3 is 0 Å². The standard InChI is InChI=1S/C17H21N5O/c23-16-14-12-21(11-13-3-6-18-7-4-13)10-5-15(14)19-17(20-16)22-8-1-2-9-22/h3-4,6-7H,1-2,5,8-12H2,(H,19,20,23). The molecular formula is C17H21N5O. The largest absolute Gasteiger partial charge is 0.342 e. The number of H-pyrrole nitrogens is 1. The van der Waals surface area contributed by atoms with Crippen molar-refractivity contribution in [3.05, 3.63) is 51.7 Å². The number of nitrogens with zero attached hydrogens (tertiary/aromatic N) is 4. The zero-order chi connectivity index (χ0) is 15.6. The molecule has 6 heteroatoms. The van der Waals surface area contributed by atoms with E-state index in [1.165, 1.54) is 18.4 Å². The van der Waals surface area contributed by atoms with Crippen LogP contribution in [0.15, 0.2) is 29.3 Å². The van der Waals surface area contributed by atoms with Crippen molar-refractivity contribution in [2.24, 2.45) is 0 Å². The molecule has 1 saturated heterocycles. The number of aromatic nitrogens is 3. The van der Waals surface area contributed by atoms with E-state index in [1.807, 2.05) is 24.5 Å². The Hall–Kier alpha value is -2.21. The van der Waals surface area contributed by atoms with Crippen LogP contribution in [-0.2, 0) is 19.5 Å². The molecule has 2 aliphatic rings. The zero-order valence-corrected chi connectivity index (χ0v) is 13.2. The molecule has 0 spiro atoms. The predicted molar refractivity (Wildman–Crippen MR) is 88.4 cm³/mol. The minimum absolute atomic E-state index is 0.0244. The first-order valence-electron chi connectivity index (χ1n) is 8.28. The van der Waals surface area contributed by atoms with E-state index in [-0.39, 0.29) is 5.56 Å². The smallest absolute Gasteiger partial charge is 0.257 e. The third-order valence-corrected chi connectivity index (χ3v) is 4.70. The van der Waals surface area contributed by atoms with Gasteiger partial charge in [0.05, 0.1) is 11.3 Å². The molecule has 23 heavy (non-hydrogen) atoms. The second-order valence-corrected chi connectivity index (χ2v) is 6.33. The minimum Gasteiger partial charge on any atom is -0.342 e. The van der Waals surface area contributed by atoms with Gasteiger partial charge in [0, 0.05) is 51.5 Å². The van der Waals surface area contributed by atoms with E-state index in [4.69, 9.17) is 4.98 Å².